The van der Waals surface area contributed by atoms with Gasteiger partial charge in [0.1, 0.15) is 12.4 Å². The molecule has 23 heavy (non-hydrogen) atoms. The molecule has 1 saturated carbocycles. The second-order valence-corrected chi connectivity index (χ2v) is 5.83. The maximum atomic E-state index is 12.6. The fourth-order valence-corrected chi connectivity index (χ4v) is 2.69. The van der Waals surface area contributed by atoms with Crippen LogP contribution in [0.15, 0.2) is 24.3 Å². The molecule has 0 saturated heterocycles. The minimum absolute atomic E-state index is 0.0521. The van der Waals surface area contributed by atoms with Crippen molar-refractivity contribution in [1.29, 1.82) is 0 Å². The van der Waals surface area contributed by atoms with Gasteiger partial charge in [0.15, 0.2) is 0 Å². The topological polar surface area (TPSA) is 58.6 Å². The number of halogens is 3. The normalized spacial score (nSPS) is 17.0. The third-order valence-corrected chi connectivity index (χ3v) is 3.88. The zero-order valence-corrected chi connectivity index (χ0v) is 12.7. The lowest BCUT2D eigenvalue weighted by atomic mass is 9.98. The van der Waals surface area contributed by atoms with E-state index in [0.29, 0.717) is 12.8 Å². The fourth-order valence-electron chi connectivity index (χ4n) is 2.69. The van der Waals surface area contributed by atoms with E-state index >= 15 is 0 Å². The van der Waals surface area contributed by atoms with Crippen molar-refractivity contribution in [2.45, 2.75) is 43.9 Å². The Balaban J connectivity index is 1.72. The number of ether oxygens (including phenoxy) is 1. The summed E-state index contributed by atoms with van der Waals surface area (Å²) in [5.74, 6) is -0.175. The number of amides is 1. The molecular formula is C16H20F3NO3. The first kappa shape index (κ1) is 17.6. The first-order valence-corrected chi connectivity index (χ1v) is 7.58. The Hall–Kier alpha value is -1.76. The molecule has 0 radical (unpaired) electrons. The molecule has 2 rings (SSSR count). The van der Waals surface area contributed by atoms with E-state index < -0.39 is 17.3 Å². The third kappa shape index (κ3) is 5.42. The Bertz CT molecular complexity index is 540. The standard InChI is InChI=1S/C16H20F3NO3/c17-16(18,19)12-4-3-5-13(10-12)23-9-8-20-14(21)11-15(22)6-1-2-7-15/h3-5,10,22H,1-2,6-9,11H2,(H,20,21). The number of aliphatic hydroxyl groups is 1. The first-order valence-electron chi connectivity index (χ1n) is 7.58. The summed E-state index contributed by atoms with van der Waals surface area (Å²) in [4.78, 5) is 11.7. The molecule has 1 aromatic rings. The van der Waals surface area contributed by atoms with Gasteiger partial charge in [-0.2, -0.15) is 13.2 Å². The SMILES string of the molecule is O=C(CC1(O)CCCC1)NCCOc1cccc(C(F)(F)F)c1. The summed E-state index contributed by atoms with van der Waals surface area (Å²) in [7, 11) is 0. The Morgan fingerprint density at radius 1 is 1.30 bits per heavy atom. The van der Waals surface area contributed by atoms with Crippen LogP contribution in [0.3, 0.4) is 0 Å². The van der Waals surface area contributed by atoms with Gasteiger partial charge >= 0.3 is 6.18 Å². The highest BCUT2D eigenvalue weighted by molar-refractivity contribution is 5.77. The number of alkyl halides is 3. The number of hydrogen-bond donors (Lipinski definition) is 2. The number of hydrogen-bond acceptors (Lipinski definition) is 3. The molecule has 2 N–H and O–H groups in total. The van der Waals surface area contributed by atoms with Crippen LogP contribution in [0.25, 0.3) is 0 Å². The van der Waals surface area contributed by atoms with E-state index in [1.165, 1.54) is 12.1 Å². The van der Waals surface area contributed by atoms with E-state index in [2.05, 4.69) is 5.32 Å². The Kier molecular flexibility index (Phi) is 5.51. The predicted octanol–water partition coefficient (Wildman–Crippen LogP) is 2.90. The van der Waals surface area contributed by atoms with E-state index in [9.17, 15) is 23.1 Å². The Labute approximate surface area is 132 Å². The molecule has 1 aliphatic carbocycles. The first-order chi connectivity index (χ1) is 10.8. The average molecular weight is 331 g/mol. The van der Waals surface area contributed by atoms with Crippen LogP contribution in [0.4, 0.5) is 13.2 Å². The Morgan fingerprint density at radius 2 is 2.00 bits per heavy atom. The summed E-state index contributed by atoms with van der Waals surface area (Å²) in [6.07, 6.45) is -1.27. The van der Waals surface area contributed by atoms with Crippen molar-refractivity contribution in [2.24, 2.45) is 0 Å². The van der Waals surface area contributed by atoms with Crippen LogP contribution in [0.2, 0.25) is 0 Å². The van der Waals surface area contributed by atoms with Gasteiger partial charge in [-0.15, -0.1) is 0 Å². The second kappa shape index (κ2) is 7.21. The number of carbonyl (C=O) groups is 1. The van der Waals surface area contributed by atoms with Crippen molar-refractivity contribution >= 4 is 5.91 Å². The zero-order valence-electron chi connectivity index (χ0n) is 12.7. The summed E-state index contributed by atoms with van der Waals surface area (Å²) < 4.78 is 42.9. The lowest BCUT2D eigenvalue weighted by Gasteiger charge is -2.21. The number of rotatable bonds is 6. The lowest BCUT2D eigenvalue weighted by molar-refractivity contribution is -0.137. The summed E-state index contributed by atoms with van der Waals surface area (Å²) in [6, 6.07) is 4.59. The van der Waals surface area contributed by atoms with E-state index in [0.717, 1.165) is 25.0 Å². The van der Waals surface area contributed by atoms with E-state index in [-0.39, 0.29) is 31.2 Å². The second-order valence-electron chi connectivity index (χ2n) is 5.83. The van der Waals surface area contributed by atoms with Crippen LogP contribution in [0.5, 0.6) is 5.75 Å². The van der Waals surface area contributed by atoms with Gasteiger partial charge in [-0.05, 0) is 31.0 Å². The van der Waals surface area contributed by atoms with E-state index in [4.69, 9.17) is 4.74 Å². The summed E-state index contributed by atoms with van der Waals surface area (Å²) in [5, 5.41) is 12.7. The quantitative estimate of drug-likeness (QED) is 0.788. The van der Waals surface area contributed by atoms with Crippen molar-refractivity contribution in [3.8, 4) is 5.75 Å². The molecule has 128 valence electrons. The average Bonchev–Trinajstić information content (AvgIpc) is 2.89. The number of benzene rings is 1. The summed E-state index contributed by atoms with van der Waals surface area (Å²) in [6.45, 7) is 0.233. The molecule has 0 aliphatic heterocycles. The van der Waals surface area contributed by atoms with Gasteiger partial charge < -0.3 is 15.2 Å². The van der Waals surface area contributed by atoms with Crippen LogP contribution in [-0.2, 0) is 11.0 Å². The molecule has 4 nitrogen and oxygen atoms in total. The summed E-state index contributed by atoms with van der Waals surface area (Å²) in [5.41, 5.74) is -1.69. The van der Waals surface area contributed by atoms with Crippen LogP contribution in [-0.4, -0.2) is 29.8 Å². The molecule has 1 aromatic carbocycles. The fraction of sp³-hybridized carbons (Fsp3) is 0.562. The van der Waals surface area contributed by atoms with Gasteiger partial charge in [0, 0.05) is 0 Å². The maximum absolute atomic E-state index is 12.6. The van der Waals surface area contributed by atoms with Crippen molar-refractivity contribution in [3.05, 3.63) is 29.8 Å². The predicted molar refractivity (Wildman–Crippen MR) is 78.0 cm³/mol. The molecule has 0 unspecified atom stereocenters. The van der Waals surface area contributed by atoms with E-state index in [1.54, 1.807) is 0 Å². The van der Waals surface area contributed by atoms with Gasteiger partial charge in [-0.1, -0.05) is 18.9 Å². The molecule has 0 bridgehead atoms. The van der Waals surface area contributed by atoms with Crippen LogP contribution in [0, 0.1) is 0 Å². The van der Waals surface area contributed by atoms with Gasteiger partial charge in [-0.25, -0.2) is 0 Å². The molecule has 1 amide bonds. The molecule has 1 fully saturated rings. The van der Waals surface area contributed by atoms with Crippen molar-refractivity contribution < 1.29 is 27.8 Å². The largest absolute Gasteiger partial charge is 0.492 e. The third-order valence-electron chi connectivity index (χ3n) is 3.88. The molecule has 1 aliphatic rings. The number of nitrogens with one attached hydrogen (secondary N) is 1. The lowest BCUT2D eigenvalue weighted by Crippen LogP contribution is -2.36. The molecule has 0 spiro atoms. The van der Waals surface area contributed by atoms with Crippen LogP contribution >= 0.6 is 0 Å². The molecule has 7 heteroatoms. The van der Waals surface area contributed by atoms with Crippen molar-refractivity contribution in [1.82, 2.24) is 5.32 Å². The van der Waals surface area contributed by atoms with Gasteiger partial charge in [0.2, 0.25) is 5.91 Å². The smallest absolute Gasteiger partial charge is 0.416 e. The number of carbonyl (C=O) groups excluding carboxylic acids is 1. The van der Waals surface area contributed by atoms with Gasteiger partial charge in [0.05, 0.1) is 24.1 Å². The highest BCUT2D eigenvalue weighted by Gasteiger charge is 2.33. The van der Waals surface area contributed by atoms with Crippen molar-refractivity contribution in [3.63, 3.8) is 0 Å². The van der Waals surface area contributed by atoms with Crippen LogP contribution < -0.4 is 10.1 Å². The minimum atomic E-state index is -4.41. The summed E-state index contributed by atoms with van der Waals surface area (Å²) >= 11 is 0. The van der Waals surface area contributed by atoms with Gasteiger partial charge in [-0.3, -0.25) is 4.79 Å². The molecule has 0 aromatic heterocycles. The van der Waals surface area contributed by atoms with Crippen LogP contribution in [0.1, 0.15) is 37.7 Å². The maximum Gasteiger partial charge on any atom is 0.416 e. The van der Waals surface area contributed by atoms with Gasteiger partial charge in [0.25, 0.3) is 0 Å². The molecule has 0 atom stereocenters. The highest BCUT2D eigenvalue weighted by atomic mass is 19.4. The minimum Gasteiger partial charge on any atom is -0.492 e. The molecular weight excluding hydrogens is 311 g/mol. The monoisotopic (exact) mass is 331 g/mol. The zero-order chi connectivity index (χ0) is 16.9. The van der Waals surface area contributed by atoms with E-state index in [1.807, 2.05) is 0 Å². The Morgan fingerprint density at radius 3 is 2.65 bits per heavy atom. The highest BCUT2D eigenvalue weighted by Crippen LogP contribution is 2.32. The molecule has 0 heterocycles. The van der Waals surface area contributed by atoms with Crippen molar-refractivity contribution in [2.75, 3.05) is 13.2 Å².